The minimum absolute atomic E-state index is 0.0214. The maximum absolute atomic E-state index is 14.9. The minimum Gasteiger partial charge on any atom is -0.365 e. The molecule has 0 aliphatic heterocycles. The Bertz CT molecular complexity index is 1180. The number of pyridine rings is 2. The van der Waals surface area contributed by atoms with E-state index in [2.05, 4.69) is 43.9 Å². The Morgan fingerprint density at radius 2 is 2.00 bits per heavy atom. The van der Waals surface area contributed by atoms with Crippen LogP contribution in [0.15, 0.2) is 30.6 Å². The van der Waals surface area contributed by atoms with Crippen LogP contribution in [0.1, 0.15) is 49.9 Å². The number of anilines is 3. The molecular formula is C25H35FN8O. The second kappa shape index (κ2) is 11.0. The van der Waals surface area contributed by atoms with Crippen LogP contribution >= 0.6 is 0 Å². The van der Waals surface area contributed by atoms with Crippen molar-refractivity contribution in [2.24, 2.45) is 11.5 Å². The summed E-state index contributed by atoms with van der Waals surface area (Å²) in [6, 6.07) is 4.75. The number of nitrogens with two attached hydrogens (primary N) is 2. The van der Waals surface area contributed by atoms with E-state index in [0.29, 0.717) is 5.69 Å². The summed E-state index contributed by atoms with van der Waals surface area (Å²) in [6.45, 7) is 8.00. The van der Waals surface area contributed by atoms with Crippen molar-refractivity contribution in [2.45, 2.75) is 58.2 Å². The van der Waals surface area contributed by atoms with E-state index in [0.717, 1.165) is 69.0 Å². The predicted octanol–water partition coefficient (Wildman–Crippen LogP) is 3.44. The van der Waals surface area contributed by atoms with Crippen molar-refractivity contribution < 1.29 is 9.18 Å². The highest BCUT2D eigenvalue weighted by atomic mass is 19.1. The first-order chi connectivity index (χ1) is 16.9. The highest BCUT2D eigenvalue weighted by Crippen LogP contribution is 2.30. The monoisotopic (exact) mass is 482 g/mol. The van der Waals surface area contributed by atoms with Crippen molar-refractivity contribution in [1.82, 2.24) is 19.4 Å². The molecule has 2 atom stereocenters. The van der Waals surface area contributed by atoms with E-state index in [9.17, 15) is 9.18 Å². The Morgan fingerprint density at radius 1 is 1.23 bits per heavy atom. The smallest absolute Gasteiger partial charge is 0.252 e. The first kappa shape index (κ1) is 24.9. The molecule has 0 saturated heterocycles. The lowest BCUT2D eigenvalue weighted by atomic mass is 9.91. The summed E-state index contributed by atoms with van der Waals surface area (Å²) in [4.78, 5) is 23.4. The van der Waals surface area contributed by atoms with Crippen molar-refractivity contribution in [3.05, 3.63) is 42.0 Å². The van der Waals surface area contributed by atoms with Gasteiger partial charge in [0.2, 0.25) is 0 Å². The van der Waals surface area contributed by atoms with Crippen molar-refractivity contribution in [2.75, 3.05) is 30.3 Å². The number of nitrogens with zero attached hydrogens (tertiary/aromatic N) is 4. The first-order valence-electron chi connectivity index (χ1n) is 12.4. The van der Waals surface area contributed by atoms with E-state index in [1.807, 2.05) is 12.3 Å². The molecule has 0 aromatic carbocycles. The Balaban J connectivity index is 1.63. The Morgan fingerprint density at radius 3 is 2.71 bits per heavy atom. The molecule has 2 unspecified atom stereocenters. The van der Waals surface area contributed by atoms with Crippen molar-refractivity contribution in [3.63, 3.8) is 0 Å². The SMILES string of the molecule is CCN(CC)CCn1ccc2c(Nc3nc(NC4CCCCC4N)c(F)cc3C(N)=O)ccnc21. The molecule has 1 aliphatic rings. The van der Waals surface area contributed by atoms with Crippen LogP contribution < -0.4 is 22.1 Å². The van der Waals surface area contributed by atoms with Crippen LogP contribution in [0, 0.1) is 5.82 Å². The average Bonchev–Trinajstić information content (AvgIpc) is 3.27. The van der Waals surface area contributed by atoms with Gasteiger partial charge in [-0.1, -0.05) is 26.7 Å². The molecular weight excluding hydrogens is 447 g/mol. The van der Waals surface area contributed by atoms with Crippen LogP contribution in [0.4, 0.5) is 21.7 Å². The molecule has 6 N–H and O–H groups in total. The molecule has 9 nitrogen and oxygen atoms in total. The van der Waals surface area contributed by atoms with Crippen LogP contribution in [0.2, 0.25) is 0 Å². The van der Waals surface area contributed by atoms with Gasteiger partial charge in [0, 0.05) is 43.0 Å². The number of hydrogen-bond acceptors (Lipinski definition) is 7. The predicted molar refractivity (Wildman–Crippen MR) is 137 cm³/mol. The van der Waals surface area contributed by atoms with E-state index >= 15 is 0 Å². The summed E-state index contributed by atoms with van der Waals surface area (Å²) >= 11 is 0. The summed E-state index contributed by atoms with van der Waals surface area (Å²) in [7, 11) is 0. The van der Waals surface area contributed by atoms with E-state index in [1.165, 1.54) is 0 Å². The number of primary amides is 1. The van der Waals surface area contributed by atoms with Gasteiger partial charge >= 0.3 is 0 Å². The van der Waals surface area contributed by atoms with Crippen LogP contribution in [0.25, 0.3) is 11.0 Å². The van der Waals surface area contributed by atoms with Gasteiger partial charge in [-0.25, -0.2) is 14.4 Å². The Labute approximate surface area is 205 Å². The fourth-order valence-electron chi connectivity index (χ4n) is 4.68. The summed E-state index contributed by atoms with van der Waals surface area (Å²) in [5.74, 6) is -1.15. The van der Waals surface area contributed by atoms with Gasteiger partial charge in [0.1, 0.15) is 11.5 Å². The van der Waals surface area contributed by atoms with Gasteiger partial charge in [-0.3, -0.25) is 4.79 Å². The lowest BCUT2D eigenvalue weighted by Crippen LogP contribution is -2.43. The van der Waals surface area contributed by atoms with Crippen molar-refractivity contribution in [1.29, 1.82) is 0 Å². The third-order valence-electron chi connectivity index (χ3n) is 6.85. The van der Waals surface area contributed by atoms with Gasteiger partial charge in [-0.05, 0) is 44.1 Å². The molecule has 0 spiro atoms. The van der Waals surface area contributed by atoms with Crippen LogP contribution in [-0.4, -0.2) is 57.1 Å². The van der Waals surface area contributed by atoms with Gasteiger partial charge < -0.3 is 31.6 Å². The summed E-state index contributed by atoms with van der Waals surface area (Å²) in [6.07, 6.45) is 7.51. The topological polar surface area (TPSA) is 127 Å². The van der Waals surface area contributed by atoms with Gasteiger partial charge in [-0.15, -0.1) is 0 Å². The van der Waals surface area contributed by atoms with E-state index in [1.54, 1.807) is 12.3 Å². The van der Waals surface area contributed by atoms with Crippen LogP contribution in [-0.2, 0) is 6.54 Å². The second-order valence-electron chi connectivity index (χ2n) is 9.04. The fourth-order valence-corrected chi connectivity index (χ4v) is 4.68. The zero-order valence-electron chi connectivity index (χ0n) is 20.4. The molecule has 3 aromatic rings. The molecule has 1 saturated carbocycles. The molecule has 3 aromatic heterocycles. The standard InChI is InChI=1S/C25H35FN8O/c1-3-33(4-2)13-14-34-12-10-16-20(9-11-29-25(16)34)30-23-17(22(28)35)15-18(26)24(32-23)31-21-8-6-5-7-19(21)27/h9-12,15,19,21H,3-8,13-14,27H2,1-2H3,(H2,28,35)(H2,29,30,31,32). The number of likely N-dealkylation sites (N-methyl/N-ethyl adjacent to an activating group) is 1. The second-order valence-corrected chi connectivity index (χ2v) is 9.04. The van der Waals surface area contributed by atoms with Gasteiger partial charge in [0.25, 0.3) is 5.91 Å². The number of carbonyl (C=O) groups is 1. The molecule has 3 heterocycles. The molecule has 35 heavy (non-hydrogen) atoms. The van der Waals surface area contributed by atoms with E-state index in [-0.39, 0.29) is 29.3 Å². The Kier molecular flexibility index (Phi) is 7.82. The number of carbonyl (C=O) groups excluding carboxylic acids is 1. The number of amides is 1. The lowest BCUT2D eigenvalue weighted by Gasteiger charge is -2.30. The maximum Gasteiger partial charge on any atom is 0.252 e. The Hall–Kier alpha value is -3.24. The summed E-state index contributed by atoms with van der Waals surface area (Å²) in [5, 5.41) is 7.22. The van der Waals surface area contributed by atoms with E-state index in [4.69, 9.17) is 11.5 Å². The number of hydrogen-bond donors (Lipinski definition) is 4. The van der Waals surface area contributed by atoms with Gasteiger partial charge in [-0.2, -0.15) is 0 Å². The highest BCUT2D eigenvalue weighted by Gasteiger charge is 2.24. The molecule has 0 radical (unpaired) electrons. The number of rotatable bonds is 10. The van der Waals surface area contributed by atoms with Crippen molar-refractivity contribution in [3.8, 4) is 0 Å². The van der Waals surface area contributed by atoms with Gasteiger partial charge in [0.05, 0.1) is 11.3 Å². The average molecular weight is 483 g/mol. The summed E-state index contributed by atoms with van der Waals surface area (Å²) in [5.41, 5.74) is 13.3. The number of nitrogens with one attached hydrogen (secondary N) is 2. The van der Waals surface area contributed by atoms with Crippen LogP contribution in [0.3, 0.4) is 0 Å². The number of fused-ring (bicyclic) bond motifs is 1. The first-order valence-corrected chi connectivity index (χ1v) is 12.4. The third kappa shape index (κ3) is 5.54. The largest absolute Gasteiger partial charge is 0.365 e. The summed E-state index contributed by atoms with van der Waals surface area (Å²) < 4.78 is 17.0. The molecule has 1 amide bonds. The highest BCUT2D eigenvalue weighted by molar-refractivity contribution is 6.00. The van der Waals surface area contributed by atoms with Gasteiger partial charge in [0.15, 0.2) is 11.6 Å². The van der Waals surface area contributed by atoms with E-state index < -0.39 is 11.7 Å². The molecule has 10 heteroatoms. The van der Waals surface area contributed by atoms with Crippen molar-refractivity contribution >= 4 is 34.3 Å². The molecule has 0 bridgehead atoms. The van der Waals surface area contributed by atoms with Crippen LogP contribution in [0.5, 0.6) is 0 Å². The normalized spacial score (nSPS) is 18.2. The maximum atomic E-state index is 14.9. The zero-order chi connectivity index (χ0) is 24.9. The molecule has 1 fully saturated rings. The zero-order valence-corrected chi connectivity index (χ0v) is 20.4. The molecule has 188 valence electrons. The molecule has 1 aliphatic carbocycles. The fraction of sp³-hybridized carbons (Fsp3) is 0.480. The molecule has 4 rings (SSSR count). The lowest BCUT2D eigenvalue weighted by molar-refractivity contribution is 0.100. The third-order valence-corrected chi connectivity index (χ3v) is 6.85. The minimum atomic E-state index is -0.762. The quantitative estimate of drug-likeness (QED) is 0.349. The number of halogens is 1. The number of aromatic nitrogens is 3.